The Morgan fingerprint density at radius 3 is 2.65 bits per heavy atom. The predicted octanol–water partition coefficient (Wildman–Crippen LogP) is 5.21. The molecule has 0 atom stereocenters. The van der Waals surface area contributed by atoms with Crippen LogP contribution < -0.4 is 4.74 Å². The normalized spacial score (nSPS) is 11.0. The number of rotatable bonds is 4. The van der Waals surface area contributed by atoms with Gasteiger partial charge in [0.25, 0.3) is 0 Å². The number of isocyanates is 1. The van der Waals surface area contributed by atoms with Gasteiger partial charge >= 0.3 is 6.18 Å². The number of halogens is 4. The van der Waals surface area contributed by atoms with Crippen LogP contribution in [0.4, 0.5) is 18.9 Å². The summed E-state index contributed by atoms with van der Waals surface area (Å²) < 4.78 is 44.5. The molecule has 0 bridgehead atoms. The van der Waals surface area contributed by atoms with Gasteiger partial charge in [0.1, 0.15) is 12.4 Å². The van der Waals surface area contributed by atoms with Gasteiger partial charge in [0, 0.05) is 10.6 Å². The molecular formula is C16H11ClF3NO2. The third-order valence-electron chi connectivity index (χ3n) is 3.07. The number of aliphatic imine (C=N–C) groups is 1. The number of hydrogen-bond donors (Lipinski definition) is 0. The molecule has 0 radical (unpaired) electrons. The highest BCUT2D eigenvalue weighted by Crippen LogP contribution is 2.37. The summed E-state index contributed by atoms with van der Waals surface area (Å²) in [5.41, 5.74) is 0.109. The summed E-state index contributed by atoms with van der Waals surface area (Å²) >= 11 is 5.99. The van der Waals surface area contributed by atoms with Crippen LogP contribution in [0.1, 0.15) is 16.7 Å². The molecule has 2 aromatic rings. The Hall–Kier alpha value is -2.30. The van der Waals surface area contributed by atoms with Crippen LogP contribution in [0.15, 0.2) is 41.4 Å². The summed E-state index contributed by atoms with van der Waals surface area (Å²) in [6, 6.07) is 8.36. The second kappa shape index (κ2) is 6.86. The van der Waals surface area contributed by atoms with Gasteiger partial charge in [-0.25, -0.2) is 4.79 Å². The van der Waals surface area contributed by atoms with Crippen molar-refractivity contribution in [1.82, 2.24) is 0 Å². The second-order valence-electron chi connectivity index (χ2n) is 4.73. The van der Waals surface area contributed by atoms with Crippen molar-refractivity contribution in [3.63, 3.8) is 0 Å². The van der Waals surface area contributed by atoms with Gasteiger partial charge in [-0.1, -0.05) is 29.3 Å². The molecule has 0 unspecified atom stereocenters. The minimum Gasteiger partial charge on any atom is -0.488 e. The highest BCUT2D eigenvalue weighted by Gasteiger charge is 2.34. The Labute approximate surface area is 135 Å². The Balaban J connectivity index is 2.34. The molecule has 0 saturated heterocycles. The monoisotopic (exact) mass is 341 g/mol. The second-order valence-corrected chi connectivity index (χ2v) is 5.13. The van der Waals surface area contributed by atoms with Gasteiger partial charge in [-0.2, -0.15) is 18.2 Å². The summed E-state index contributed by atoms with van der Waals surface area (Å²) in [6.45, 7) is 1.30. The van der Waals surface area contributed by atoms with Crippen molar-refractivity contribution in [3.8, 4) is 5.75 Å². The summed E-state index contributed by atoms with van der Waals surface area (Å²) in [5.74, 6) is -0.316. The number of hydrogen-bond acceptors (Lipinski definition) is 3. The first-order valence-electron chi connectivity index (χ1n) is 6.49. The quantitative estimate of drug-likeness (QED) is 0.565. The molecule has 2 rings (SSSR count). The number of aryl methyl sites for hydroxylation is 1. The Morgan fingerprint density at radius 2 is 2.00 bits per heavy atom. The van der Waals surface area contributed by atoms with Crippen LogP contribution in [0.2, 0.25) is 5.02 Å². The molecule has 0 aliphatic carbocycles. The van der Waals surface area contributed by atoms with Crippen LogP contribution >= 0.6 is 11.6 Å². The van der Waals surface area contributed by atoms with Gasteiger partial charge in [0.15, 0.2) is 0 Å². The van der Waals surface area contributed by atoms with E-state index >= 15 is 0 Å². The van der Waals surface area contributed by atoms with Crippen molar-refractivity contribution in [2.24, 2.45) is 4.99 Å². The maximum absolute atomic E-state index is 13.1. The van der Waals surface area contributed by atoms with E-state index in [-0.39, 0.29) is 23.1 Å². The van der Waals surface area contributed by atoms with Crippen LogP contribution in [0.3, 0.4) is 0 Å². The van der Waals surface area contributed by atoms with Crippen molar-refractivity contribution < 1.29 is 22.7 Å². The SMILES string of the molecule is Cc1ccc(OCc2c(Cl)cccc2N=C=O)c(C(F)(F)F)c1. The lowest BCUT2D eigenvalue weighted by molar-refractivity contribution is -0.139. The average molecular weight is 342 g/mol. The first kappa shape index (κ1) is 17.1. The van der Waals surface area contributed by atoms with Crippen molar-refractivity contribution in [1.29, 1.82) is 0 Å². The average Bonchev–Trinajstić information content (AvgIpc) is 2.47. The van der Waals surface area contributed by atoms with E-state index < -0.39 is 11.7 Å². The first-order valence-corrected chi connectivity index (χ1v) is 6.86. The third kappa shape index (κ3) is 4.12. The van der Waals surface area contributed by atoms with Crippen LogP contribution in [-0.2, 0) is 17.6 Å². The van der Waals surface area contributed by atoms with Crippen molar-refractivity contribution >= 4 is 23.4 Å². The predicted molar refractivity (Wildman–Crippen MR) is 79.7 cm³/mol. The molecule has 0 fully saturated rings. The Kier molecular flexibility index (Phi) is 5.08. The van der Waals surface area contributed by atoms with E-state index in [2.05, 4.69) is 4.99 Å². The molecule has 3 nitrogen and oxygen atoms in total. The minimum absolute atomic E-state index is 0.202. The molecule has 0 amide bonds. The van der Waals surface area contributed by atoms with Gasteiger partial charge in [-0.05, 0) is 31.2 Å². The van der Waals surface area contributed by atoms with Crippen molar-refractivity contribution in [2.45, 2.75) is 19.7 Å². The zero-order valence-corrected chi connectivity index (χ0v) is 12.7. The minimum atomic E-state index is -4.54. The lowest BCUT2D eigenvalue weighted by Crippen LogP contribution is -2.09. The molecule has 0 N–H and O–H groups in total. The molecular weight excluding hydrogens is 331 g/mol. The van der Waals surface area contributed by atoms with E-state index in [0.29, 0.717) is 11.1 Å². The number of carbonyl (C=O) groups excluding carboxylic acids is 1. The summed E-state index contributed by atoms with van der Waals surface area (Å²) in [5, 5.41) is 0.238. The van der Waals surface area contributed by atoms with E-state index in [4.69, 9.17) is 16.3 Å². The van der Waals surface area contributed by atoms with E-state index in [9.17, 15) is 18.0 Å². The Morgan fingerprint density at radius 1 is 1.26 bits per heavy atom. The Bertz CT molecular complexity index is 768. The van der Waals surface area contributed by atoms with Crippen LogP contribution in [0.5, 0.6) is 5.75 Å². The van der Waals surface area contributed by atoms with E-state index in [0.717, 1.165) is 6.07 Å². The molecule has 0 saturated carbocycles. The molecule has 0 heterocycles. The standard InChI is InChI=1S/C16H11ClF3NO2/c1-10-5-6-15(12(7-10)16(18,19)20)23-8-11-13(17)3-2-4-14(11)21-9-22/h2-7H,8H2,1H3. The van der Waals surface area contributed by atoms with Gasteiger partial charge in [0.05, 0.1) is 11.3 Å². The zero-order chi connectivity index (χ0) is 17.0. The van der Waals surface area contributed by atoms with Gasteiger partial charge in [-0.3, -0.25) is 0 Å². The first-order chi connectivity index (χ1) is 10.8. The van der Waals surface area contributed by atoms with E-state index in [1.807, 2.05) is 0 Å². The molecule has 7 heteroatoms. The largest absolute Gasteiger partial charge is 0.488 e. The fourth-order valence-corrected chi connectivity index (χ4v) is 2.21. The van der Waals surface area contributed by atoms with Crippen LogP contribution in [-0.4, -0.2) is 6.08 Å². The van der Waals surface area contributed by atoms with E-state index in [1.54, 1.807) is 13.0 Å². The van der Waals surface area contributed by atoms with Crippen molar-refractivity contribution in [2.75, 3.05) is 0 Å². The molecule has 0 aromatic heterocycles. The van der Waals surface area contributed by atoms with Crippen LogP contribution in [0.25, 0.3) is 0 Å². The number of ether oxygens (including phenoxy) is 1. The molecule has 0 aliphatic rings. The fraction of sp³-hybridized carbons (Fsp3) is 0.188. The fourth-order valence-electron chi connectivity index (χ4n) is 1.99. The zero-order valence-electron chi connectivity index (χ0n) is 11.9. The lowest BCUT2D eigenvalue weighted by atomic mass is 10.1. The number of benzene rings is 2. The topological polar surface area (TPSA) is 38.7 Å². The maximum atomic E-state index is 13.1. The highest BCUT2D eigenvalue weighted by molar-refractivity contribution is 6.31. The van der Waals surface area contributed by atoms with Gasteiger partial charge in [-0.15, -0.1) is 0 Å². The molecule has 120 valence electrons. The summed E-state index contributed by atoms with van der Waals surface area (Å²) in [4.78, 5) is 13.9. The highest BCUT2D eigenvalue weighted by atomic mass is 35.5. The molecule has 2 aromatic carbocycles. The number of nitrogens with zero attached hydrogens (tertiary/aromatic N) is 1. The van der Waals surface area contributed by atoms with Gasteiger partial charge < -0.3 is 4.74 Å². The lowest BCUT2D eigenvalue weighted by Gasteiger charge is -2.15. The van der Waals surface area contributed by atoms with Crippen molar-refractivity contribution in [3.05, 3.63) is 58.1 Å². The maximum Gasteiger partial charge on any atom is 0.419 e. The molecule has 0 aliphatic heterocycles. The molecule has 0 spiro atoms. The third-order valence-corrected chi connectivity index (χ3v) is 3.43. The van der Waals surface area contributed by atoms with E-state index in [1.165, 1.54) is 30.3 Å². The summed E-state index contributed by atoms with van der Waals surface area (Å²) in [6.07, 6.45) is -3.16. The molecule has 23 heavy (non-hydrogen) atoms. The smallest absolute Gasteiger partial charge is 0.419 e. The van der Waals surface area contributed by atoms with Gasteiger partial charge in [0.2, 0.25) is 6.08 Å². The van der Waals surface area contributed by atoms with Crippen LogP contribution in [0, 0.1) is 6.92 Å². The number of alkyl halides is 3. The summed E-state index contributed by atoms with van der Waals surface area (Å²) in [7, 11) is 0.